The summed E-state index contributed by atoms with van der Waals surface area (Å²) in [7, 11) is 1.63. The number of methoxy groups -OCH3 is 1. The molecule has 0 bridgehead atoms. The molecule has 1 atom stereocenters. The second kappa shape index (κ2) is 6.78. The van der Waals surface area contributed by atoms with E-state index in [9.17, 15) is 4.79 Å². The van der Waals surface area contributed by atoms with E-state index in [2.05, 4.69) is 12.2 Å². The lowest BCUT2D eigenvalue weighted by Gasteiger charge is -2.34. The summed E-state index contributed by atoms with van der Waals surface area (Å²) in [6, 6.07) is 5.84. The van der Waals surface area contributed by atoms with Gasteiger partial charge < -0.3 is 15.0 Å². The molecule has 0 unspecified atom stereocenters. The molecule has 0 aromatic heterocycles. The van der Waals surface area contributed by atoms with Crippen LogP contribution in [0.15, 0.2) is 18.2 Å². The van der Waals surface area contributed by atoms with E-state index in [0.29, 0.717) is 0 Å². The van der Waals surface area contributed by atoms with Gasteiger partial charge in [0, 0.05) is 31.2 Å². The number of carbonyl (C=O) groups is 1. The van der Waals surface area contributed by atoms with Crippen LogP contribution in [0.5, 0.6) is 5.75 Å². The molecule has 106 valence electrons. The van der Waals surface area contributed by atoms with E-state index in [1.165, 1.54) is 0 Å². The summed E-state index contributed by atoms with van der Waals surface area (Å²) < 4.78 is 5.16. The van der Waals surface area contributed by atoms with Gasteiger partial charge in [-0.25, -0.2) is 0 Å². The van der Waals surface area contributed by atoms with Crippen molar-refractivity contribution < 1.29 is 9.53 Å². The fraction of sp³-hybridized carbons (Fsp3) is 0.500. The van der Waals surface area contributed by atoms with Gasteiger partial charge >= 0.3 is 0 Å². The quantitative estimate of drug-likeness (QED) is 0.901. The van der Waals surface area contributed by atoms with Crippen LogP contribution in [0.2, 0.25) is 0 Å². The van der Waals surface area contributed by atoms with Crippen LogP contribution in [0.1, 0.15) is 22.8 Å². The monoisotopic (exact) mass is 284 g/mol. The topological polar surface area (TPSA) is 41.6 Å². The van der Waals surface area contributed by atoms with Gasteiger partial charge in [-0.3, -0.25) is 4.79 Å². The molecule has 1 fully saturated rings. The maximum absolute atomic E-state index is 12.5. The van der Waals surface area contributed by atoms with E-state index < -0.39 is 0 Å². The van der Waals surface area contributed by atoms with Crippen LogP contribution in [0.25, 0.3) is 0 Å². The van der Waals surface area contributed by atoms with E-state index >= 15 is 0 Å². The highest BCUT2D eigenvalue weighted by molar-refractivity contribution is 5.96. The summed E-state index contributed by atoms with van der Waals surface area (Å²) in [4.78, 5) is 14.4. The summed E-state index contributed by atoms with van der Waals surface area (Å²) in [5, 5.41) is 3.29. The van der Waals surface area contributed by atoms with Gasteiger partial charge in [-0.05, 0) is 37.6 Å². The van der Waals surface area contributed by atoms with Crippen molar-refractivity contribution in [3.63, 3.8) is 0 Å². The van der Waals surface area contributed by atoms with Crippen LogP contribution in [0.4, 0.5) is 0 Å². The minimum atomic E-state index is 0. The van der Waals surface area contributed by atoms with E-state index in [1.807, 2.05) is 30.0 Å². The zero-order valence-corrected chi connectivity index (χ0v) is 12.4. The molecule has 1 aliphatic heterocycles. The number of nitrogens with one attached hydrogen (secondary N) is 1. The zero-order valence-electron chi connectivity index (χ0n) is 11.6. The molecule has 0 spiro atoms. The van der Waals surface area contributed by atoms with Crippen molar-refractivity contribution in [1.82, 2.24) is 10.2 Å². The standard InChI is InChI=1S/C14H20N2O2.ClH/c1-10-8-12(18-3)4-5-13(10)14(17)16-7-6-15-9-11(16)2;/h4-5,8,11,15H,6-7,9H2,1-3H3;1H/t11-;/m0./s1. The number of amides is 1. The normalized spacial score (nSPS) is 18.7. The van der Waals surface area contributed by atoms with Crippen molar-refractivity contribution in [2.24, 2.45) is 0 Å². The SMILES string of the molecule is COc1ccc(C(=O)N2CCNC[C@@H]2C)c(C)c1.Cl. The molecule has 1 heterocycles. The maximum atomic E-state index is 12.5. The molecule has 1 aliphatic rings. The van der Waals surface area contributed by atoms with Gasteiger partial charge in [0.2, 0.25) is 0 Å². The van der Waals surface area contributed by atoms with E-state index in [-0.39, 0.29) is 24.4 Å². The Labute approximate surface area is 120 Å². The average Bonchev–Trinajstić information content (AvgIpc) is 2.38. The molecule has 1 saturated heterocycles. The van der Waals surface area contributed by atoms with Gasteiger partial charge in [0.05, 0.1) is 7.11 Å². The van der Waals surface area contributed by atoms with Crippen molar-refractivity contribution in [3.8, 4) is 5.75 Å². The number of halogens is 1. The van der Waals surface area contributed by atoms with Crippen molar-refractivity contribution >= 4 is 18.3 Å². The number of hydrogen-bond donors (Lipinski definition) is 1. The molecule has 1 aromatic rings. The molecule has 0 aliphatic carbocycles. The number of rotatable bonds is 2. The first kappa shape index (κ1) is 15.8. The fourth-order valence-electron chi connectivity index (χ4n) is 2.30. The first-order valence-corrected chi connectivity index (χ1v) is 6.30. The van der Waals surface area contributed by atoms with Crippen LogP contribution >= 0.6 is 12.4 Å². The third kappa shape index (κ3) is 3.39. The van der Waals surface area contributed by atoms with E-state index in [0.717, 1.165) is 36.5 Å². The Morgan fingerprint density at radius 1 is 1.47 bits per heavy atom. The van der Waals surface area contributed by atoms with E-state index in [1.54, 1.807) is 7.11 Å². The van der Waals surface area contributed by atoms with Gasteiger partial charge in [0.1, 0.15) is 5.75 Å². The molecule has 5 heteroatoms. The second-order valence-corrected chi connectivity index (χ2v) is 4.73. The highest BCUT2D eigenvalue weighted by Crippen LogP contribution is 2.19. The highest BCUT2D eigenvalue weighted by Gasteiger charge is 2.24. The van der Waals surface area contributed by atoms with Crippen molar-refractivity contribution in [1.29, 1.82) is 0 Å². The predicted octanol–water partition coefficient (Wildman–Crippen LogP) is 1.86. The molecule has 1 N–H and O–H groups in total. The first-order chi connectivity index (χ1) is 8.63. The van der Waals surface area contributed by atoms with Crippen molar-refractivity contribution in [3.05, 3.63) is 29.3 Å². The fourth-order valence-corrected chi connectivity index (χ4v) is 2.30. The average molecular weight is 285 g/mol. The maximum Gasteiger partial charge on any atom is 0.254 e. The molecular formula is C14H21ClN2O2. The summed E-state index contributed by atoms with van der Waals surface area (Å²) in [5.41, 5.74) is 1.73. The summed E-state index contributed by atoms with van der Waals surface area (Å²) in [6.07, 6.45) is 0. The molecule has 1 amide bonds. The van der Waals surface area contributed by atoms with Gasteiger partial charge in [-0.1, -0.05) is 0 Å². The Morgan fingerprint density at radius 2 is 2.21 bits per heavy atom. The van der Waals surface area contributed by atoms with Gasteiger partial charge in [-0.2, -0.15) is 0 Å². The Morgan fingerprint density at radius 3 is 2.79 bits per heavy atom. The number of piperazine rings is 1. The number of ether oxygens (including phenoxy) is 1. The molecule has 4 nitrogen and oxygen atoms in total. The third-order valence-corrected chi connectivity index (χ3v) is 3.43. The van der Waals surface area contributed by atoms with Gasteiger partial charge in [0.25, 0.3) is 5.91 Å². The number of hydrogen-bond acceptors (Lipinski definition) is 3. The minimum absolute atomic E-state index is 0. The lowest BCUT2D eigenvalue weighted by atomic mass is 10.1. The van der Waals surface area contributed by atoms with Crippen LogP contribution in [-0.2, 0) is 0 Å². The minimum Gasteiger partial charge on any atom is -0.497 e. The Hall–Kier alpha value is -1.26. The van der Waals surface area contributed by atoms with Gasteiger partial charge in [-0.15, -0.1) is 12.4 Å². The lowest BCUT2D eigenvalue weighted by molar-refractivity contribution is 0.0655. The Kier molecular flexibility index (Phi) is 5.63. The summed E-state index contributed by atoms with van der Waals surface area (Å²) in [6.45, 7) is 6.52. The summed E-state index contributed by atoms with van der Waals surface area (Å²) >= 11 is 0. The number of aryl methyl sites for hydroxylation is 1. The van der Waals surface area contributed by atoms with Crippen LogP contribution < -0.4 is 10.1 Å². The molecular weight excluding hydrogens is 264 g/mol. The van der Waals surface area contributed by atoms with Crippen molar-refractivity contribution in [2.75, 3.05) is 26.7 Å². The first-order valence-electron chi connectivity index (χ1n) is 6.30. The molecule has 1 aromatic carbocycles. The molecule has 19 heavy (non-hydrogen) atoms. The van der Waals surface area contributed by atoms with E-state index in [4.69, 9.17) is 4.74 Å². The summed E-state index contributed by atoms with van der Waals surface area (Å²) in [5.74, 6) is 0.904. The highest BCUT2D eigenvalue weighted by atomic mass is 35.5. The number of nitrogens with zero attached hydrogens (tertiary/aromatic N) is 1. The second-order valence-electron chi connectivity index (χ2n) is 4.73. The molecule has 0 radical (unpaired) electrons. The van der Waals surface area contributed by atoms with Gasteiger partial charge in [0.15, 0.2) is 0 Å². The Balaban J connectivity index is 0.00000180. The van der Waals surface area contributed by atoms with Crippen molar-refractivity contribution in [2.45, 2.75) is 19.9 Å². The van der Waals surface area contributed by atoms with Crippen LogP contribution in [0.3, 0.4) is 0 Å². The zero-order chi connectivity index (χ0) is 13.1. The Bertz CT molecular complexity index is 451. The third-order valence-electron chi connectivity index (χ3n) is 3.43. The lowest BCUT2D eigenvalue weighted by Crippen LogP contribution is -2.52. The van der Waals surface area contributed by atoms with Crippen LogP contribution in [-0.4, -0.2) is 43.6 Å². The number of carbonyl (C=O) groups excluding carboxylic acids is 1. The largest absolute Gasteiger partial charge is 0.497 e. The van der Waals surface area contributed by atoms with Crippen LogP contribution in [0, 0.1) is 6.92 Å². The predicted molar refractivity (Wildman–Crippen MR) is 78.3 cm³/mol. The smallest absolute Gasteiger partial charge is 0.254 e. The molecule has 0 saturated carbocycles. The number of benzene rings is 1. The molecule has 2 rings (SSSR count).